The Kier molecular flexibility index (Phi) is 7.27. The maximum absolute atomic E-state index is 13.8. The van der Waals surface area contributed by atoms with Crippen molar-refractivity contribution in [3.8, 4) is 0 Å². The number of piperidine rings is 1. The van der Waals surface area contributed by atoms with Gasteiger partial charge < -0.3 is 20.3 Å². The normalized spacial score (nSPS) is 14.2. The minimum absolute atomic E-state index is 0.0284. The molecule has 0 radical (unpaired) electrons. The molecule has 1 fully saturated rings. The number of aromatic nitrogens is 3. The minimum atomic E-state index is -0.601. The number of carbonyl (C=O) groups is 1. The number of nitrogens with one attached hydrogen (secondary N) is 2. The first-order valence-corrected chi connectivity index (χ1v) is 11.0. The molecular weight excluding hydrogens is 442 g/mol. The molecule has 3 aromatic rings. The summed E-state index contributed by atoms with van der Waals surface area (Å²) in [5.74, 6) is -0.385. The molecule has 1 saturated heterocycles. The quantitative estimate of drug-likeness (QED) is 0.533. The Morgan fingerprint density at radius 1 is 1.15 bits per heavy atom. The van der Waals surface area contributed by atoms with Gasteiger partial charge in [-0.25, -0.2) is 18.7 Å². The van der Waals surface area contributed by atoms with Crippen LogP contribution in [0.3, 0.4) is 0 Å². The van der Waals surface area contributed by atoms with E-state index in [-0.39, 0.29) is 18.6 Å². The van der Waals surface area contributed by atoms with Gasteiger partial charge in [-0.05, 0) is 43.5 Å². The van der Waals surface area contributed by atoms with Crippen LogP contribution in [0.1, 0.15) is 30.9 Å². The summed E-state index contributed by atoms with van der Waals surface area (Å²) in [5, 5.41) is 6.00. The van der Waals surface area contributed by atoms with Crippen LogP contribution in [-0.4, -0.2) is 40.1 Å². The van der Waals surface area contributed by atoms with Crippen LogP contribution in [0.25, 0.3) is 0 Å². The summed E-state index contributed by atoms with van der Waals surface area (Å²) >= 11 is 0. The van der Waals surface area contributed by atoms with Crippen LogP contribution >= 0.6 is 0 Å². The number of nitrogens with zero attached hydrogens (tertiary/aromatic N) is 4. The molecule has 178 valence electrons. The Labute approximate surface area is 196 Å². The van der Waals surface area contributed by atoms with Gasteiger partial charge in [0.15, 0.2) is 0 Å². The summed E-state index contributed by atoms with van der Waals surface area (Å²) in [4.78, 5) is 26.5. The molecule has 1 aliphatic rings. The van der Waals surface area contributed by atoms with Gasteiger partial charge >= 0.3 is 0 Å². The van der Waals surface area contributed by atoms with E-state index in [1.165, 1.54) is 25.4 Å². The van der Waals surface area contributed by atoms with E-state index in [0.29, 0.717) is 30.5 Å². The molecule has 2 N–H and O–H groups in total. The van der Waals surface area contributed by atoms with Crippen molar-refractivity contribution in [3.05, 3.63) is 65.5 Å². The van der Waals surface area contributed by atoms with Crippen LogP contribution in [0, 0.1) is 18.6 Å². The van der Waals surface area contributed by atoms with Crippen LogP contribution in [0.2, 0.25) is 0 Å². The first kappa shape index (κ1) is 23.5. The first-order valence-electron chi connectivity index (χ1n) is 11.0. The number of anilines is 4. The monoisotopic (exact) mass is 468 g/mol. The van der Waals surface area contributed by atoms with Gasteiger partial charge in [0.05, 0.1) is 12.7 Å². The zero-order valence-electron chi connectivity index (χ0n) is 19.0. The summed E-state index contributed by atoms with van der Waals surface area (Å²) in [5.41, 5.74) is 2.71. The Hall–Kier alpha value is -3.66. The second-order valence-corrected chi connectivity index (χ2v) is 8.13. The van der Waals surface area contributed by atoms with Crippen molar-refractivity contribution in [3.63, 3.8) is 0 Å². The van der Waals surface area contributed by atoms with Gasteiger partial charge in [0.1, 0.15) is 18.0 Å². The highest BCUT2D eigenvalue weighted by atomic mass is 19.1. The van der Waals surface area contributed by atoms with E-state index in [2.05, 4.69) is 25.6 Å². The Bertz CT molecular complexity index is 1170. The fourth-order valence-electron chi connectivity index (χ4n) is 3.79. The molecule has 2 aromatic carbocycles. The molecule has 0 atom stereocenters. The highest BCUT2D eigenvalue weighted by molar-refractivity contribution is 5.90. The fraction of sp³-hybridized carbons (Fsp3) is 0.333. The van der Waals surface area contributed by atoms with E-state index in [0.717, 1.165) is 35.8 Å². The average molecular weight is 469 g/mol. The minimum Gasteiger partial charge on any atom is -0.373 e. The van der Waals surface area contributed by atoms with E-state index < -0.39 is 11.6 Å². The second kappa shape index (κ2) is 10.5. The SMILES string of the molecule is CC(=O)Nc1cccc(Nc2ncnc(N3CCC(OCc4ccc(F)cc4F)CC3)n2)c1C. The lowest BCUT2D eigenvalue weighted by atomic mass is 10.1. The molecule has 10 heteroatoms. The van der Waals surface area contributed by atoms with Gasteiger partial charge in [-0.3, -0.25) is 4.79 Å². The number of ether oxygens (including phenoxy) is 1. The third-order valence-corrected chi connectivity index (χ3v) is 5.66. The lowest BCUT2D eigenvalue weighted by molar-refractivity contribution is -0.114. The number of hydrogen-bond acceptors (Lipinski definition) is 7. The summed E-state index contributed by atoms with van der Waals surface area (Å²) in [7, 11) is 0. The van der Waals surface area contributed by atoms with Gasteiger partial charge in [-0.15, -0.1) is 0 Å². The zero-order chi connectivity index (χ0) is 24.1. The predicted molar refractivity (Wildman–Crippen MR) is 125 cm³/mol. The van der Waals surface area contributed by atoms with Crippen molar-refractivity contribution in [2.45, 2.75) is 39.4 Å². The van der Waals surface area contributed by atoms with Gasteiger partial charge in [0, 0.05) is 43.0 Å². The maximum atomic E-state index is 13.8. The van der Waals surface area contributed by atoms with E-state index in [4.69, 9.17) is 4.74 Å². The van der Waals surface area contributed by atoms with Crippen LogP contribution in [-0.2, 0) is 16.1 Å². The largest absolute Gasteiger partial charge is 0.373 e. The summed E-state index contributed by atoms with van der Waals surface area (Å²) in [6.45, 7) is 4.83. The van der Waals surface area contributed by atoms with Gasteiger partial charge in [-0.1, -0.05) is 12.1 Å². The molecule has 1 aromatic heterocycles. The molecule has 8 nitrogen and oxygen atoms in total. The second-order valence-electron chi connectivity index (χ2n) is 8.13. The fourth-order valence-corrected chi connectivity index (χ4v) is 3.79. The third-order valence-electron chi connectivity index (χ3n) is 5.66. The summed E-state index contributed by atoms with van der Waals surface area (Å²) in [6, 6.07) is 9.06. The molecule has 2 heterocycles. The van der Waals surface area contributed by atoms with Crippen LogP contribution < -0.4 is 15.5 Å². The summed E-state index contributed by atoms with van der Waals surface area (Å²) in [6.07, 6.45) is 2.89. The molecule has 4 rings (SSSR count). The summed E-state index contributed by atoms with van der Waals surface area (Å²) < 4.78 is 32.7. The van der Waals surface area contributed by atoms with Crippen molar-refractivity contribution in [1.29, 1.82) is 0 Å². The average Bonchev–Trinajstić information content (AvgIpc) is 2.81. The van der Waals surface area contributed by atoms with E-state index >= 15 is 0 Å². The first-order chi connectivity index (χ1) is 16.4. The number of hydrogen-bond donors (Lipinski definition) is 2. The van der Waals surface area contributed by atoms with Crippen molar-refractivity contribution < 1.29 is 18.3 Å². The molecular formula is C24H26F2N6O2. The molecule has 1 aliphatic heterocycles. The number of benzene rings is 2. The van der Waals surface area contributed by atoms with Crippen LogP contribution in [0.5, 0.6) is 0 Å². The molecule has 0 unspecified atom stereocenters. The lowest BCUT2D eigenvalue weighted by Crippen LogP contribution is -2.38. The van der Waals surface area contributed by atoms with Gasteiger partial charge in [0.2, 0.25) is 17.8 Å². The Morgan fingerprint density at radius 2 is 1.91 bits per heavy atom. The van der Waals surface area contributed by atoms with Gasteiger partial charge in [0.25, 0.3) is 0 Å². The number of carbonyl (C=O) groups excluding carboxylic acids is 1. The van der Waals surface area contributed by atoms with E-state index in [1.54, 1.807) is 0 Å². The Morgan fingerprint density at radius 3 is 2.65 bits per heavy atom. The third kappa shape index (κ3) is 5.82. The highest BCUT2D eigenvalue weighted by Crippen LogP contribution is 2.26. The van der Waals surface area contributed by atoms with Crippen molar-refractivity contribution >= 4 is 29.2 Å². The smallest absolute Gasteiger partial charge is 0.232 e. The Balaban J connectivity index is 1.34. The van der Waals surface area contributed by atoms with Crippen LogP contribution in [0.4, 0.5) is 32.1 Å². The van der Waals surface area contributed by atoms with Crippen molar-refractivity contribution in [1.82, 2.24) is 15.0 Å². The number of halogens is 2. The lowest BCUT2D eigenvalue weighted by Gasteiger charge is -2.32. The molecule has 34 heavy (non-hydrogen) atoms. The van der Waals surface area contributed by atoms with Gasteiger partial charge in [-0.2, -0.15) is 4.98 Å². The van der Waals surface area contributed by atoms with Crippen LogP contribution in [0.15, 0.2) is 42.7 Å². The predicted octanol–water partition coefficient (Wildman–Crippen LogP) is 4.35. The topological polar surface area (TPSA) is 92.3 Å². The molecule has 0 saturated carbocycles. The van der Waals surface area contributed by atoms with Crippen molar-refractivity contribution in [2.24, 2.45) is 0 Å². The maximum Gasteiger partial charge on any atom is 0.232 e. The molecule has 0 bridgehead atoms. The number of rotatable bonds is 7. The number of amides is 1. The van der Waals surface area contributed by atoms with Crippen molar-refractivity contribution in [2.75, 3.05) is 28.6 Å². The zero-order valence-corrected chi connectivity index (χ0v) is 19.0. The van der Waals surface area contributed by atoms with E-state index in [1.807, 2.05) is 30.0 Å². The highest BCUT2D eigenvalue weighted by Gasteiger charge is 2.22. The standard InChI is InChI=1S/C24H26F2N6O2/c1-15-21(29-16(2)33)4-3-5-22(15)30-23-27-14-28-24(31-23)32-10-8-19(9-11-32)34-13-17-6-7-18(25)12-20(17)26/h3-7,12,14,19H,8-11,13H2,1-2H3,(H,29,33)(H,27,28,30,31). The van der Waals surface area contributed by atoms with E-state index in [9.17, 15) is 13.6 Å². The molecule has 0 aliphatic carbocycles. The molecule has 1 amide bonds. The molecule has 0 spiro atoms.